The minimum Gasteiger partial charge on any atom is -0.353 e. The van der Waals surface area contributed by atoms with Gasteiger partial charge >= 0.3 is 0 Å². The molecule has 6 heavy (non-hydrogen) atoms. The van der Waals surface area contributed by atoms with E-state index in [2.05, 4.69) is 0 Å². The van der Waals surface area contributed by atoms with Crippen LogP contribution in [0.3, 0.4) is 0 Å². The van der Waals surface area contributed by atoms with Gasteiger partial charge in [-0.25, -0.2) is 0 Å². The molecule has 1 fully saturated rings. The van der Waals surface area contributed by atoms with E-state index in [1.807, 2.05) is 0 Å². The fraction of sp³-hybridized carbons (Fsp3) is 1.00. The van der Waals surface area contributed by atoms with Crippen LogP contribution in [-0.4, -0.2) is 20.0 Å². The third-order valence-corrected chi connectivity index (χ3v) is 0.539. The maximum atomic E-state index is 4.72. The van der Waals surface area contributed by atoms with Crippen LogP contribution < -0.4 is 0 Å². The van der Waals surface area contributed by atoms with Crippen LogP contribution in [0.2, 0.25) is 0 Å². The van der Waals surface area contributed by atoms with E-state index >= 15 is 0 Å². The van der Waals surface area contributed by atoms with E-state index in [0.717, 1.165) is 13.2 Å². The molecule has 0 saturated carbocycles. The summed E-state index contributed by atoms with van der Waals surface area (Å²) in [6.45, 7) is 2.06. The minimum atomic E-state index is 0. The van der Waals surface area contributed by atoms with Crippen molar-refractivity contribution in [3.8, 4) is 0 Å². The summed E-state index contributed by atoms with van der Waals surface area (Å²) in [4.78, 5) is 0. The van der Waals surface area contributed by atoms with E-state index in [1.54, 1.807) is 0 Å². The molecule has 0 aromatic rings. The van der Waals surface area contributed by atoms with Gasteiger partial charge in [0, 0.05) is 19.5 Å². The second kappa shape index (κ2) is 3.72. The Balaban J connectivity index is 0.000000250. The van der Waals surface area contributed by atoms with Gasteiger partial charge in [-0.1, -0.05) is 0 Å². The molecule has 0 unspecified atom stereocenters. The van der Waals surface area contributed by atoms with Crippen LogP contribution in [0.4, 0.5) is 0 Å². The quantitative estimate of drug-likeness (QED) is 0.482. The zero-order valence-corrected chi connectivity index (χ0v) is 5.03. The zero-order valence-electron chi connectivity index (χ0n) is 3.29. The molecule has 0 radical (unpaired) electrons. The van der Waals surface area contributed by atoms with Gasteiger partial charge in [-0.05, 0) is 0 Å². The van der Waals surface area contributed by atoms with Gasteiger partial charge in [0.15, 0.2) is 0 Å². The predicted molar refractivity (Wildman–Crippen MR) is 16.8 cm³/mol. The molecule has 0 bridgehead atoms. The molecule has 0 atom stereocenters. The molecular weight excluding hydrogens is 169 g/mol. The Labute approximate surface area is 49.6 Å². The number of hydrogen-bond donors (Lipinski definition) is 0. The Bertz CT molecular complexity index is 20.4. The van der Waals surface area contributed by atoms with Gasteiger partial charge in [0.25, 0.3) is 0 Å². The molecule has 38 valence electrons. The summed E-state index contributed by atoms with van der Waals surface area (Å²) < 4.78 is 9.44. The first-order chi connectivity index (χ1) is 2.50. The average Bonchev–Trinajstić information content (AvgIpc) is 1.76. The van der Waals surface area contributed by atoms with Crippen LogP contribution in [0.15, 0.2) is 0 Å². The van der Waals surface area contributed by atoms with Gasteiger partial charge in [-0.2, -0.15) is 0 Å². The predicted octanol–water partition coefficient (Wildman–Crippen LogP) is -0.0118. The largest absolute Gasteiger partial charge is 0.353 e. The standard InChI is InChI=1S/C3H6O2.Ru/c1-2-5-3-4-1;/h1-3H2;. The van der Waals surface area contributed by atoms with E-state index in [0.29, 0.717) is 6.79 Å². The minimum absolute atomic E-state index is 0. The Morgan fingerprint density at radius 2 is 1.50 bits per heavy atom. The second-order valence-corrected chi connectivity index (χ2v) is 0.934. The monoisotopic (exact) mass is 176 g/mol. The molecule has 1 aliphatic heterocycles. The third kappa shape index (κ3) is 1.86. The van der Waals surface area contributed by atoms with Crippen LogP contribution in [-0.2, 0) is 29.0 Å². The average molecular weight is 175 g/mol. The van der Waals surface area contributed by atoms with Crippen molar-refractivity contribution in [1.82, 2.24) is 0 Å². The van der Waals surface area contributed by atoms with E-state index in [1.165, 1.54) is 0 Å². The molecule has 0 aliphatic carbocycles. The van der Waals surface area contributed by atoms with E-state index in [4.69, 9.17) is 9.47 Å². The molecule has 3 heteroatoms. The summed E-state index contributed by atoms with van der Waals surface area (Å²) in [7, 11) is 0. The Morgan fingerprint density at radius 3 is 1.67 bits per heavy atom. The van der Waals surface area contributed by atoms with Crippen molar-refractivity contribution in [2.75, 3.05) is 20.0 Å². The summed E-state index contributed by atoms with van der Waals surface area (Å²) in [6, 6.07) is 0. The summed E-state index contributed by atoms with van der Waals surface area (Å²) in [5, 5.41) is 0. The molecule has 0 aromatic heterocycles. The molecule has 1 rings (SSSR count). The van der Waals surface area contributed by atoms with Crippen molar-refractivity contribution >= 4 is 0 Å². The zero-order chi connectivity index (χ0) is 3.54. The summed E-state index contributed by atoms with van der Waals surface area (Å²) in [5.74, 6) is 0. The van der Waals surface area contributed by atoms with Crippen LogP contribution in [0.1, 0.15) is 0 Å². The molecule has 0 amide bonds. The van der Waals surface area contributed by atoms with Crippen LogP contribution in [0.5, 0.6) is 0 Å². The van der Waals surface area contributed by atoms with Crippen molar-refractivity contribution < 1.29 is 29.0 Å². The van der Waals surface area contributed by atoms with E-state index in [9.17, 15) is 0 Å². The number of ether oxygens (including phenoxy) is 2. The number of hydrogen-bond acceptors (Lipinski definition) is 2. The topological polar surface area (TPSA) is 18.5 Å². The molecule has 0 aromatic carbocycles. The molecule has 1 saturated heterocycles. The summed E-state index contributed by atoms with van der Waals surface area (Å²) in [5.41, 5.74) is 0. The van der Waals surface area contributed by atoms with Crippen LogP contribution >= 0.6 is 0 Å². The van der Waals surface area contributed by atoms with Gasteiger partial charge in [0.1, 0.15) is 6.79 Å². The van der Waals surface area contributed by atoms with Gasteiger partial charge in [-0.3, -0.25) is 0 Å². The first-order valence-corrected chi connectivity index (χ1v) is 1.65. The fourth-order valence-corrected chi connectivity index (χ4v) is 0.295. The SMILES string of the molecule is C1COCO1.[Ru]. The molecular formula is C3H6O2Ru. The van der Waals surface area contributed by atoms with Gasteiger partial charge < -0.3 is 9.47 Å². The van der Waals surface area contributed by atoms with E-state index in [-0.39, 0.29) is 19.5 Å². The van der Waals surface area contributed by atoms with Gasteiger partial charge in [0.2, 0.25) is 0 Å². The third-order valence-electron chi connectivity index (χ3n) is 0.539. The van der Waals surface area contributed by atoms with Crippen molar-refractivity contribution in [3.63, 3.8) is 0 Å². The Kier molecular flexibility index (Phi) is 4.06. The fourth-order valence-electron chi connectivity index (χ4n) is 0.295. The molecule has 1 aliphatic rings. The second-order valence-electron chi connectivity index (χ2n) is 0.934. The van der Waals surface area contributed by atoms with Crippen molar-refractivity contribution in [1.29, 1.82) is 0 Å². The molecule has 0 N–H and O–H groups in total. The maximum Gasteiger partial charge on any atom is 0.146 e. The number of rotatable bonds is 0. The van der Waals surface area contributed by atoms with Crippen molar-refractivity contribution in [3.05, 3.63) is 0 Å². The van der Waals surface area contributed by atoms with Gasteiger partial charge in [0.05, 0.1) is 13.2 Å². The summed E-state index contributed by atoms with van der Waals surface area (Å²) >= 11 is 0. The normalized spacial score (nSPS) is 20.0. The first kappa shape index (κ1) is 6.54. The van der Waals surface area contributed by atoms with Crippen molar-refractivity contribution in [2.45, 2.75) is 0 Å². The Morgan fingerprint density at radius 1 is 1.00 bits per heavy atom. The Hall–Kier alpha value is 0.543. The smallest absolute Gasteiger partial charge is 0.146 e. The first-order valence-electron chi connectivity index (χ1n) is 1.65. The molecule has 1 heterocycles. The van der Waals surface area contributed by atoms with Crippen molar-refractivity contribution in [2.24, 2.45) is 0 Å². The van der Waals surface area contributed by atoms with Gasteiger partial charge in [-0.15, -0.1) is 0 Å². The molecule has 2 nitrogen and oxygen atoms in total. The maximum absolute atomic E-state index is 4.72. The van der Waals surface area contributed by atoms with E-state index < -0.39 is 0 Å². The van der Waals surface area contributed by atoms with Crippen LogP contribution in [0, 0.1) is 0 Å². The molecule has 0 spiro atoms. The summed E-state index contributed by atoms with van der Waals surface area (Å²) in [6.07, 6.45) is 0. The van der Waals surface area contributed by atoms with Crippen LogP contribution in [0.25, 0.3) is 0 Å².